The molecular weight excluding hydrogens is 420 g/mol. The van der Waals surface area contributed by atoms with E-state index in [4.69, 9.17) is 9.84 Å². The van der Waals surface area contributed by atoms with E-state index in [-0.39, 0.29) is 17.5 Å². The molecule has 192 valence electrons. The minimum absolute atomic E-state index is 0.153. The van der Waals surface area contributed by atoms with Crippen molar-refractivity contribution in [2.24, 2.45) is 10.8 Å². The molecule has 33 heavy (non-hydrogen) atoms. The Morgan fingerprint density at radius 1 is 0.606 bits per heavy atom. The zero-order valence-electron chi connectivity index (χ0n) is 21.8. The number of hydrogen-bond donors (Lipinski definition) is 1. The summed E-state index contributed by atoms with van der Waals surface area (Å²) in [5.41, 5.74) is -1.16. The van der Waals surface area contributed by atoms with Crippen LogP contribution in [0.3, 0.4) is 0 Å². The summed E-state index contributed by atoms with van der Waals surface area (Å²) in [6.45, 7) is 9.50. The van der Waals surface area contributed by atoms with Crippen LogP contribution in [0, 0.1) is 10.8 Å². The number of carbonyl (C=O) groups excluding carboxylic acids is 3. The van der Waals surface area contributed by atoms with Crippen molar-refractivity contribution in [2.75, 3.05) is 6.61 Å². The smallest absolute Gasteiger partial charge is 0.311 e. The number of hydrogen-bond acceptors (Lipinski definition) is 5. The molecule has 0 saturated carbocycles. The maximum Gasteiger partial charge on any atom is 0.311 e. The lowest BCUT2D eigenvalue weighted by atomic mass is 9.87. The van der Waals surface area contributed by atoms with E-state index < -0.39 is 16.8 Å². The predicted molar refractivity (Wildman–Crippen MR) is 131 cm³/mol. The third kappa shape index (κ3) is 15.7. The Labute approximate surface area is 201 Å². The number of esters is 1. The highest BCUT2D eigenvalue weighted by Gasteiger charge is 2.28. The highest BCUT2D eigenvalue weighted by molar-refractivity contribution is 5.79. The van der Waals surface area contributed by atoms with Crippen LogP contribution in [0.25, 0.3) is 0 Å². The fourth-order valence-corrected chi connectivity index (χ4v) is 3.74. The molecule has 0 aromatic heterocycles. The highest BCUT2D eigenvalue weighted by atomic mass is 16.5. The molecule has 6 heteroatoms. The average Bonchev–Trinajstić information content (AvgIpc) is 2.72. The largest absolute Gasteiger partial charge is 0.481 e. The molecule has 6 nitrogen and oxygen atoms in total. The number of Topliss-reactive ketones (excluding diaryl/α,β-unsaturated/α-hetero) is 2. The Bertz CT molecular complexity index is 606. The molecule has 0 aliphatic carbocycles. The number of ether oxygens (including phenoxy) is 1. The molecule has 0 atom stereocenters. The maximum atomic E-state index is 12.0. The van der Waals surface area contributed by atoms with Gasteiger partial charge in [0.1, 0.15) is 11.6 Å². The molecular formula is C27H48O6. The Morgan fingerprint density at radius 3 is 1.33 bits per heavy atom. The van der Waals surface area contributed by atoms with Crippen LogP contribution in [0.4, 0.5) is 0 Å². The Hall–Kier alpha value is -1.72. The number of carboxylic acids is 1. The lowest BCUT2D eigenvalue weighted by Gasteiger charge is -2.21. The molecule has 0 aliphatic rings. The van der Waals surface area contributed by atoms with Crippen molar-refractivity contribution < 1.29 is 29.0 Å². The lowest BCUT2D eigenvalue weighted by molar-refractivity contribution is -0.154. The second-order valence-corrected chi connectivity index (χ2v) is 10.6. The molecule has 0 aliphatic heterocycles. The van der Waals surface area contributed by atoms with Gasteiger partial charge in [-0.1, -0.05) is 32.1 Å². The van der Waals surface area contributed by atoms with Gasteiger partial charge in [0.2, 0.25) is 0 Å². The van der Waals surface area contributed by atoms with E-state index in [1.54, 1.807) is 13.8 Å². The maximum absolute atomic E-state index is 12.0. The second-order valence-electron chi connectivity index (χ2n) is 10.6. The topological polar surface area (TPSA) is 97.7 Å². The Kier molecular flexibility index (Phi) is 15.9. The standard InChI is InChI=1S/C27H48O6/c1-6-33-25(32)27(4,5)21-15-9-13-19-23(29)17-11-7-10-16-22(28)18-12-8-14-20-26(2,3)24(30)31/h6-21H2,1-5H3,(H,30,31). The van der Waals surface area contributed by atoms with Gasteiger partial charge in [-0.15, -0.1) is 0 Å². The molecule has 0 unspecified atom stereocenters. The monoisotopic (exact) mass is 468 g/mol. The van der Waals surface area contributed by atoms with Crippen LogP contribution in [0.1, 0.15) is 131 Å². The molecule has 0 aromatic carbocycles. The van der Waals surface area contributed by atoms with Gasteiger partial charge in [0, 0.05) is 25.7 Å². The number of aliphatic carboxylic acids is 1. The minimum atomic E-state index is -0.771. The van der Waals surface area contributed by atoms with Crippen LogP contribution in [0.15, 0.2) is 0 Å². The van der Waals surface area contributed by atoms with Gasteiger partial charge >= 0.3 is 11.9 Å². The number of rotatable bonds is 21. The number of ketones is 2. The van der Waals surface area contributed by atoms with Gasteiger partial charge in [-0.05, 0) is 73.1 Å². The van der Waals surface area contributed by atoms with Crippen molar-refractivity contribution in [1.82, 2.24) is 0 Å². The van der Waals surface area contributed by atoms with E-state index in [0.29, 0.717) is 38.7 Å². The summed E-state index contributed by atoms with van der Waals surface area (Å²) in [5, 5.41) is 9.09. The number of carboxylic acid groups (broad SMARTS) is 1. The minimum Gasteiger partial charge on any atom is -0.481 e. The molecule has 0 bridgehead atoms. The van der Waals surface area contributed by atoms with Crippen LogP contribution in [-0.4, -0.2) is 35.2 Å². The van der Waals surface area contributed by atoms with Gasteiger partial charge in [0.25, 0.3) is 0 Å². The molecule has 0 heterocycles. The van der Waals surface area contributed by atoms with Gasteiger partial charge < -0.3 is 9.84 Å². The molecule has 1 N–H and O–H groups in total. The summed E-state index contributed by atoms with van der Waals surface area (Å²) in [7, 11) is 0. The fraction of sp³-hybridized carbons (Fsp3) is 0.852. The second kappa shape index (κ2) is 16.8. The molecule has 0 radical (unpaired) electrons. The number of carbonyl (C=O) groups is 4. The van der Waals surface area contributed by atoms with Gasteiger partial charge in [0.05, 0.1) is 17.4 Å². The average molecular weight is 469 g/mol. The van der Waals surface area contributed by atoms with E-state index >= 15 is 0 Å². The van der Waals surface area contributed by atoms with Crippen LogP contribution in [-0.2, 0) is 23.9 Å². The van der Waals surface area contributed by atoms with E-state index in [1.807, 2.05) is 20.8 Å². The Balaban J connectivity index is 3.65. The van der Waals surface area contributed by atoms with Crippen LogP contribution >= 0.6 is 0 Å². The van der Waals surface area contributed by atoms with Gasteiger partial charge in [0.15, 0.2) is 0 Å². The van der Waals surface area contributed by atoms with Crippen molar-refractivity contribution in [3.8, 4) is 0 Å². The quantitative estimate of drug-likeness (QED) is 0.149. The number of unbranched alkanes of at least 4 members (excludes halogenated alkanes) is 6. The normalized spacial score (nSPS) is 11.9. The first kappa shape index (κ1) is 31.3. The van der Waals surface area contributed by atoms with Crippen molar-refractivity contribution in [3.05, 3.63) is 0 Å². The molecule has 0 amide bonds. The first-order chi connectivity index (χ1) is 15.4. The van der Waals surface area contributed by atoms with Crippen LogP contribution in [0.2, 0.25) is 0 Å². The molecule has 0 spiro atoms. The zero-order valence-corrected chi connectivity index (χ0v) is 21.8. The lowest BCUT2D eigenvalue weighted by Crippen LogP contribution is -2.26. The summed E-state index contributed by atoms with van der Waals surface area (Å²) in [6, 6.07) is 0. The van der Waals surface area contributed by atoms with Gasteiger partial charge in [-0.3, -0.25) is 19.2 Å². The first-order valence-corrected chi connectivity index (χ1v) is 12.9. The van der Waals surface area contributed by atoms with Crippen LogP contribution < -0.4 is 0 Å². The fourth-order valence-electron chi connectivity index (χ4n) is 3.74. The predicted octanol–water partition coefficient (Wildman–Crippen LogP) is 6.68. The SMILES string of the molecule is CCOC(=O)C(C)(C)CCCCCC(=O)CCCCCC(=O)CCCCCC(C)(C)C(=O)O. The first-order valence-electron chi connectivity index (χ1n) is 12.9. The van der Waals surface area contributed by atoms with E-state index in [2.05, 4.69) is 0 Å². The summed E-state index contributed by atoms with van der Waals surface area (Å²) in [5.74, 6) is -0.369. The van der Waals surface area contributed by atoms with E-state index in [0.717, 1.165) is 64.2 Å². The van der Waals surface area contributed by atoms with Crippen molar-refractivity contribution in [3.63, 3.8) is 0 Å². The van der Waals surface area contributed by atoms with Crippen molar-refractivity contribution in [1.29, 1.82) is 0 Å². The summed E-state index contributed by atoms with van der Waals surface area (Å²) < 4.78 is 5.10. The molecule has 0 saturated heterocycles. The van der Waals surface area contributed by atoms with E-state index in [1.165, 1.54) is 0 Å². The summed E-state index contributed by atoms with van der Waals surface area (Å²) in [4.78, 5) is 46.9. The van der Waals surface area contributed by atoms with Crippen LogP contribution in [0.5, 0.6) is 0 Å². The van der Waals surface area contributed by atoms with Gasteiger partial charge in [-0.25, -0.2) is 0 Å². The summed E-state index contributed by atoms with van der Waals surface area (Å²) in [6.07, 6.45) is 11.6. The van der Waals surface area contributed by atoms with Crippen molar-refractivity contribution >= 4 is 23.5 Å². The summed E-state index contributed by atoms with van der Waals surface area (Å²) >= 11 is 0. The zero-order chi connectivity index (χ0) is 25.3. The third-order valence-electron chi connectivity index (χ3n) is 6.33. The van der Waals surface area contributed by atoms with Crippen molar-refractivity contribution in [2.45, 2.75) is 131 Å². The molecule has 0 rings (SSSR count). The van der Waals surface area contributed by atoms with E-state index in [9.17, 15) is 19.2 Å². The molecule has 0 fully saturated rings. The third-order valence-corrected chi connectivity index (χ3v) is 6.33. The van der Waals surface area contributed by atoms with Gasteiger partial charge in [-0.2, -0.15) is 0 Å². The molecule has 0 aromatic rings. The highest BCUT2D eigenvalue weighted by Crippen LogP contribution is 2.26. The Morgan fingerprint density at radius 2 is 0.970 bits per heavy atom.